The van der Waals surface area contributed by atoms with Crippen molar-refractivity contribution in [2.24, 2.45) is 0 Å². The third-order valence-corrected chi connectivity index (χ3v) is 3.38. The van der Waals surface area contributed by atoms with Crippen LogP contribution in [0.3, 0.4) is 0 Å². The minimum Gasteiger partial charge on any atom is -0.394 e. The third-order valence-electron chi connectivity index (χ3n) is 3.38. The summed E-state index contributed by atoms with van der Waals surface area (Å²) in [7, 11) is 0. The van der Waals surface area contributed by atoms with Crippen molar-refractivity contribution in [3.63, 3.8) is 0 Å². The van der Waals surface area contributed by atoms with E-state index < -0.39 is 37.3 Å². The number of aliphatic hydroxyl groups is 4. The summed E-state index contributed by atoms with van der Waals surface area (Å²) in [6.07, 6.45) is -0.471. The van der Waals surface area contributed by atoms with Crippen molar-refractivity contribution in [2.75, 3.05) is 13.2 Å². The van der Waals surface area contributed by atoms with E-state index in [1.54, 1.807) is 0 Å². The minimum atomic E-state index is -1.36. The van der Waals surface area contributed by atoms with Gasteiger partial charge in [0.2, 0.25) is 0 Å². The number of ether oxygens (including phenoxy) is 2. The number of hydrogen-bond donors (Lipinski definition) is 4. The molecule has 1 fully saturated rings. The Kier molecular flexibility index (Phi) is 7.82. The normalized spacial score (nSPS) is 35.5. The molecular weight excluding hydrogens is 252 g/mol. The molecule has 1 heterocycles. The second kappa shape index (κ2) is 8.84. The van der Waals surface area contributed by atoms with E-state index in [1.807, 2.05) is 0 Å². The van der Waals surface area contributed by atoms with Gasteiger partial charge in [0.15, 0.2) is 6.29 Å². The average Bonchev–Trinajstić information content (AvgIpc) is 2.42. The molecule has 2 unspecified atom stereocenters. The Hall–Kier alpha value is -0.240. The first kappa shape index (κ1) is 16.8. The molecule has 1 aliphatic heterocycles. The highest BCUT2D eigenvalue weighted by molar-refractivity contribution is 4.88. The van der Waals surface area contributed by atoms with Crippen LogP contribution in [-0.4, -0.2) is 64.3 Å². The smallest absolute Gasteiger partial charge is 0.186 e. The molecule has 0 amide bonds. The zero-order chi connectivity index (χ0) is 14.3. The molecule has 0 aromatic heterocycles. The molecule has 6 heteroatoms. The lowest BCUT2D eigenvalue weighted by molar-refractivity contribution is -0.301. The molecule has 1 aliphatic rings. The Bertz CT molecular complexity index is 235. The lowest BCUT2D eigenvalue weighted by Crippen LogP contribution is -2.59. The van der Waals surface area contributed by atoms with Crippen molar-refractivity contribution >= 4 is 0 Å². The summed E-state index contributed by atoms with van der Waals surface area (Å²) in [5.74, 6) is 0. The molecule has 114 valence electrons. The van der Waals surface area contributed by atoms with Gasteiger partial charge in [0.1, 0.15) is 24.4 Å². The quantitative estimate of drug-likeness (QED) is 0.458. The zero-order valence-corrected chi connectivity index (χ0v) is 11.4. The van der Waals surface area contributed by atoms with Crippen LogP contribution >= 0.6 is 0 Å². The van der Waals surface area contributed by atoms with E-state index in [2.05, 4.69) is 6.92 Å². The molecule has 4 N–H and O–H groups in total. The number of rotatable bonds is 8. The van der Waals surface area contributed by atoms with Crippen LogP contribution in [0.2, 0.25) is 0 Å². The van der Waals surface area contributed by atoms with Gasteiger partial charge in [0, 0.05) is 6.61 Å². The van der Waals surface area contributed by atoms with Gasteiger partial charge in [-0.3, -0.25) is 0 Å². The van der Waals surface area contributed by atoms with Gasteiger partial charge in [-0.1, -0.05) is 32.6 Å². The van der Waals surface area contributed by atoms with Gasteiger partial charge in [-0.25, -0.2) is 0 Å². The summed E-state index contributed by atoms with van der Waals surface area (Å²) in [5.41, 5.74) is 0. The number of aliphatic hydroxyl groups excluding tert-OH is 4. The van der Waals surface area contributed by atoms with Crippen LogP contribution in [0.15, 0.2) is 0 Å². The molecule has 1 rings (SSSR count). The van der Waals surface area contributed by atoms with Crippen molar-refractivity contribution in [1.29, 1.82) is 0 Å². The lowest BCUT2D eigenvalue weighted by Gasteiger charge is -2.39. The van der Waals surface area contributed by atoms with Gasteiger partial charge in [-0.15, -0.1) is 0 Å². The molecule has 5 atom stereocenters. The standard InChI is InChI=1S/C13H26O6/c1-2-3-4-5-6-7-18-13-12(17)11(16)10(15)9(8-14)19-13/h9-17H,2-8H2,1H3/t9?,10-,11-,12?,13-/m0/s1. The maximum atomic E-state index is 9.72. The fourth-order valence-corrected chi connectivity index (χ4v) is 2.11. The van der Waals surface area contributed by atoms with Crippen LogP contribution in [0.25, 0.3) is 0 Å². The molecular formula is C13H26O6. The van der Waals surface area contributed by atoms with Crippen LogP contribution in [0.1, 0.15) is 39.0 Å². The van der Waals surface area contributed by atoms with Crippen molar-refractivity contribution in [3.05, 3.63) is 0 Å². The van der Waals surface area contributed by atoms with E-state index in [9.17, 15) is 15.3 Å². The predicted octanol–water partition coefficient (Wildman–Crippen LogP) is -0.227. The SMILES string of the molecule is CCCCCCCO[C@H]1OC(CO)[C@H](O)[C@H](O)C1O. The van der Waals surface area contributed by atoms with E-state index in [4.69, 9.17) is 14.6 Å². The molecule has 0 aliphatic carbocycles. The van der Waals surface area contributed by atoms with E-state index in [-0.39, 0.29) is 0 Å². The van der Waals surface area contributed by atoms with Crippen LogP contribution in [0.4, 0.5) is 0 Å². The second-order valence-corrected chi connectivity index (χ2v) is 4.98. The van der Waals surface area contributed by atoms with Crippen LogP contribution in [0, 0.1) is 0 Å². The predicted molar refractivity (Wildman–Crippen MR) is 68.5 cm³/mol. The van der Waals surface area contributed by atoms with Crippen molar-refractivity contribution in [1.82, 2.24) is 0 Å². The van der Waals surface area contributed by atoms with Crippen molar-refractivity contribution in [2.45, 2.75) is 69.7 Å². The Labute approximate surface area is 114 Å². The van der Waals surface area contributed by atoms with E-state index >= 15 is 0 Å². The summed E-state index contributed by atoms with van der Waals surface area (Å²) in [4.78, 5) is 0. The van der Waals surface area contributed by atoms with E-state index in [1.165, 1.54) is 12.8 Å². The average molecular weight is 278 g/mol. The third kappa shape index (κ3) is 4.98. The molecule has 0 spiro atoms. The van der Waals surface area contributed by atoms with Gasteiger partial charge < -0.3 is 29.9 Å². The minimum absolute atomic E-state index is 0.423. The van der Waals surface area contributed by atoms with E-state index in [0.717, 1.165) is 19.3 Å². The maximum Gasteiger partial charge on any atom is 0.186 e. The molecule has 0 radical (unpaired) electrons. The first-order valence-electron chi connectivity index (χ1n) is 7.04. The first-order chi connectivity index (χ1) is 9.11. The number of unbranched alkanes of at least 4 members (excludes halogenated alkanes) is 4. The Morgan fingerprint density at radius 3 is 2.26 bits per heavy atom. The summed E-state index contributed by atoms with van der Waals surface area (Å²) >= 11 is 0. The summed E-state index contributed by atoms with van der Waals surface area (Å²) in [6, 6.07) is 0. The summed E-state index contributed by atoms with van der Waals surface area (Å²) in [5, 5.41) is 37.9. The Morgan fingerprint density at radius 1 is 0.947 bits per heavy atom. The lowest BCUT2D eigenvalue weighted by atomic mass is 9.99. The maximum absolute atomic E-state index is 9.72. The van der Waals surface area contributed by atoms with Crippen molar-refractivity contribution in [3.8, 4) is 0 Å². The van der Waals surface area contributed by atoms with E-state index in [0.29, 0.717) is 6.61 Å². The van der Waals surface area contributed by atoms with Crippen LogP contribution < -0.4 is 0 Å². The number of hydrogen-bond acceptors (Lipinski definition) is 6. The molecule has 0 bridgehead atoms. The zero-order valence-electron chi connectivity index (χ0n) is 11.4. The summed E-state index contributed by atoms with van der Waals surface area (Å²) in [6.45, 7) is 2.14. The van der Waals surface area contributed by atoms with Gasteiger partial charge in [0.25, 0.3) is 0 Å². The summed E-state index contributed by atoms with van der Waals surface area (Å²) < 4.78 is 10.6. The van der Waals surface area contributed by atoms with Crippen LogP contribution in [-0.2, 0) is 9.47 Å². The van der Waals surface area contributed by atoms with Gasteiger partial charge in [0.05, 0.1) is 6.61 Å². The first-order valence-corrected chi connectivity index (χ1v) is 7.04. The molecule has 0 aromatic carbocycles. The highest BCUT2D eigenvalue weighted by atomic mass is 16.7. The fraction of sp³-hybridized carbons (Fsp3) is 1.00. The van der Waals surface area contributed by atoms with Gasteiger partial charge >= 0.3 is 0 Å². The Balaban J connectivity index is 2.28. The van der Waals surface area contributed by atoms with Gasteiger partial charge in [-0.05, 0) is 6.42 Å². The highest BCUT2D eigenvalue weighted by Crippen LogP contribution is 2.22. The molecule has 19 heavy (non-hydrogen) atoms. The largest absolute Gasteiger partial charge is 0.394 e. The second-order valence-electron chi connectivity index (χ2n) is 4.98. The monoisotopic (exact) mass is 278 g/mol. The molecule has 6 nitrogen and oxygen atoms in total. The molecule has 0 aromatic rings. The highest BCUT2D eigenvalue weighted by Gasteiger charge is 2.43. The topological polar surface area (TPSA) is 99.4 Å². The van der Waals surface area contributed by atoms with Crippen molar-refractivity contribution < 1.29 is 29.9 Å². The van der Waals surface area contributed by atoms with Crippen LogP contribution in [0.5, 0.6) is 0 Å². The fourth-order valence-electron chi connectivity index (χ4n) is 2.11. The molecule has 1 saturated heterocycles. The Morgan fingerprint density at radius 2 is 1.63 bits per heavy atom. The van der Waals surface area contributed by atoms with Gasteiger partial charge in [-0.2, -0.15) is 0 Å². The molecule has 0 saturated carbocycles.